The van der Waals surface area contributed by atoms with Crippen LogP contribution in [0.2, 0.25) is 0 Å². The molecule has 136 valence electrons. The molecular formula is C19H27N3O3. The molecule has 2 aliphatic rings. The third kappa shape index (κ3) is 4.00. The Balaban J connectivity index is 1.57. The van der Waals surface area contributed by atoms with Gasteiger partial charge in [0.15, 0.2) is 0 Å². The third-order valence-electron chi connectivity index (χ3n) is 5.52. The molecule has 3 heterocycles. The molecule has 1 spiro atoms. The monoisotopic (exact) mass is 345 g/mol. The van der Waals surface area contributed by atoms with E-state index < -0.39 is 0 Å². The number of piperidine rings is 2. The summed E-state index contributed by atoms with van der Waals surface area (Å²) >= 11 is 0. The highest BCUT2D eigenvalue weighted by molar-refractivity contribution is 5.84. The molecule has 2 amide bonds. The molecule has 2 aliphatic heterocycles. The van der Waals surface area contributed by atoms with E-state index in [4.69, 9.17) is 4.74 Å². The highest BCUT2D eigenvalue weighted by Crippen LogP contribution is 2.40. The van der Waals surface area contributed by atoms with Crippen LogP contribution in [0.1, 0.15) is 31.4 Å². The Kier molecular flexibility index (Phi) is 5.68. The molecule has 0 aromatic carbocycles. The number of methoxy groups -OCH3 is 1. The molecule has 0 bridgehead atoms. The van der Waals surface area contributed by atoms with E-state index in [0.29, 0.717) is 32.7 Å². The number of carbonyl (C=O) groups excluding carboxylic acids is 2. The molecular weight excluding hydrogens is 318 g/mol. The SMILES string of the molecule is COCCN1CCCC2(CCN(C(=O)Cc3ccccn3)CC2)C1=O. The van der Waals surface area contributed by atoms with Crippen molar-refractivity contribution in [1.82, 2.24) is 14.8 Å². The van der Waals surface area contributed by atoms with Crippen LogP contribution in [0.25, 0.3) is 0 Å². The lowest BCUT2D eigenvalue weighted by molar-refractivity contribution is -0.153. The Morgan fingerprint density at radius 3 is 2.72 bits per heavy atom. The first-order valence-corrected chi connectivity index (χ1v) is 9.11. The predicted octanol–water partition coefficient (Wildman–Crippen LogP) is 1.50. The average Bonchev–Trinajstić information content (AvgIpc) is 2.64. The molecule has 1 aromatic heterocycles. The van der Waals surface area contributed by atoms with Crippen LogP contribution in [-0.2, 0) is 20.7 Å². The minimum absolute atomic E-state index is 0.105. The van der Waals surface area contributed by atoms with Crippen LogP contribution >= 0.6 is 0 Å². The maximum atomic E-state index is 12.9. The van der Waals surface area contributed by atoms with Crippen LogP contribution in [0.15, 0.2) is 24.4 Å². The number of aromatic nitrogens is 1. The van der Waals surface area contributed by atoms with E-state index in [-0.39, 0.29) is 17.2 Å². The molecule has 0 unspecified atom stereocenters. The fourth-order valence-electron chi connectivity index (χ4n) is 3.98. The lowest BCUT2D eigenvalue weighted by atomic mass is 9.71. The van der Waals surface area contributed by atoms with Gasteiger partial charge in [-0.25, -0.2) is 0 Å². The Bertz CT molecular complexity index is 597. The first kappa shape index (κ1) is 17.9. The van der Waals surface area contributed by atoms with Crippen LogP contribution in [0.3, 0.4) is 0 Å². The zero-order valence-electron chi connectivity index (χ0n) is 14.9. The fourth-order valence-corrected chi connectivity index (χ4v) is 3.98. The highest BCUT2D eigenvalue weighted by Gasteiger charge is 2.45. The van der Waals surface area contributed by atoms with Gasteiger partial charge in [-0.05, 0) is 37.8 Å². The van der Waals surface area contributed by atoms with E-state index in [9.17, 15) is 9.59 Å². The minimum atomic E-state index is -0.270. The van der Waals surface area contributed by atoms with Crippen molar-refractivity contribution in [2.24, 2.45) is 5.41 Å². The van der Waals surface area contributed by atoms with Gasteiger partial charge in [0.1, 0.15) is 0 Å². The van der Waals surface area contributed by atoms with Gasteiger partial charge in [-0.1, -0.05) is 6.07 Å². The zero-order chi connectivity index (χ0) is 17.7. The first-order chi connectivity index (χ1) is 12.1. The summed E-state index contributed by atoms with van der Waals surface area (Å²) < 4.78 is 5.12. The minimum Gasteiger partial charge on any atom is -0.383 e. The van der Waals surface area contributed by atoms with Crippen molar-refractivity contribution in [2.45, 2.75) is 32.1 Å². The second-order valence-corrected chi connectivity index (χ2v) is 7.05. The summed E-state index contributed by atoms with van der Waals surface area (Å²) in [6, 6.07) is 5.63. The van der Waals surface area contributed by atoms with E-state index in [1.807, 2.05) is 28.0 Å². The van der Waals surface area contributed by atoms with Gasteiger partial charge in [-0.15, -0.1) is 0 Å². The second kappa shape index (κ2) is 7.95. The molecule has 3 rings (SSSR count). The summed E-state index contributed by atoms with van der Waals surface area (Å²) in [4.78, 5) is 33.5. The molecule has 0 atom stereocenters. The summed E-state index contributed by atoms with van der Waals surface area (Å²) in [7, 11) is 1.66. The van der Waals surface area contributed by atoms with Crippen LogP contribution in [0.4, 0.5) is 0 Å². The van der Waals surface area contributed by atoms with E-state index >= 15 is 0 Å². The summed E-state index contributed by atoms with van der Waals surface area (Å²) in [6.07, 6.45) is 5.56. The van der Waals surface area contributed by atoms with Gasteiger partial charge in [-0.2, -0.15) is 0 Å². The number of ether oxygens (including phenoxy) is 1. The topological polar surface area (TPSA) is 62.7 Å². The maximum Gasteiger partial charge on any atom is 0.229 e. The van der Waals surface area contributed by atoms with Gasteiger partial charge in [0.25, 0.3) is 0 Å². The van der Waals surface area contributed by atoms with Crippen molar-refractivity contribution >= 4 is 11.8 Å². The lowest BCUT2D eigenvalue weighted by Crippen LogP contribution is -2.55. The highest BCUT2D eigenvalue weighted by atomic mass is 16.5. The average molecular weight is 345 g/mol. The lowest BCUT2D eigenvalue weighted by Gasteiger charge is -2.46. The number of hydrogen-bond acceptors (Lipinski definition) is 4. The van der Waals surface area contributed by atoms with Gasteiger partial charge >= 0.3 is 0 Å². The smallest absolute Gasteiger partial charge is 0.229 e. The van der Waals surface area contributed by atoms with Gasteiger partial charge in [-0.3, -0.25) is 14.6 Å². The molecule has 6 nitrogen and oxygen atoms in total. The number of hydrogen-bond donors (Lipinski definition) is 0. The number of rotatable bonds is 5. The predicted molar refractivity (Wildman–Crippen MR) is 93.9 cm³/mol. The van der Waals surface area contributed by atoms with Crippen molar-refractivity contribution in [1.29, 1.82) is 0 Å². The van der Waals surface area contributed by atoms with Crippen molar-refractivity contribution in [3.8, 4) is 0 Å². The molecule has 1 aromatic rings. The van der Waals surface area contributed by atoms with Crippen LogP contribution in [-0.4, -0.2) is 66.5 Å². The molecule has 0 saturated carbocycles. The second-order valence-electron chi connectivity index (χ2n) is 7.05. The van der Waals surface area contributed by atoms with Gasteiger partial charge in [0, 0.05) is 45.2 Å². The molecule has 2 fully saturated rings. The van der Waals surface area contributed by atoms with E-state index in [1.165, 1.54) is 0 Å². The molecule has 2 saturated heterocycles. The molecule has 0 radical (unpaired) electrons. The van der Waals surface area contributed by atoms with Crippen LogP contribution < -0.4 is 0 Å². The Hall–Kier alpha value is -1.95. The maximum absolute atomic E-state index is 12.9. The zero-order valence-corrected chi connectivity index (χ0v) is 14.9. The fraction of sp³-hybridized carbons (Fsp3) is 0.632. The van der Waals surface area contributed by atoms with Gasteiger partial charge in [0.2, 0.25) is 11.8 Å². The quantitative estimate of drug-likeness (QED) is 0.811. The van der Waals surface area contributed by atoms with E-state index in [2.05, 4.69) is 4.98 Å². The summed E-state index contributed by atoms with van der Waals surface area (Å²) in [5, 5.41) is 0. The number of nitrogens with zero attached hydrogens (tertiary/aromatic N) is 3. The first-order valence-electron chi connectivity index (χ1n) is 9.11. The van der Waals surface area contributed by atoms with Gasteiger partial charge in [0.05, 0.1) is 18.4 Å². The number of amides is 2. The number of carbonyl (C=O) groups is 2. The molecule has 0 N–H and O–H groups in total. The Morgan fingerprint density at radius 2 is 2.04 bits per heavy atom. The van der Waals surface area contributed by atoms with Crippen LogP contribution in [0, 0.1) is 5.41 Å². The van der Waals surface area contributed by atoms with E-state index in [1.54, 1.807) is 13.3 Å². The molecule has 0 aliphatic carbocycles. The Morgan fingerprint density at radius 1 is 1.24 bits per heavy atom. The van der Waals surface area contributed by atoms with Crippen molar-refractivity contribution in [3.05, 3.63) is 30.1 Å². The van der Waals surface area contributed by atoms with Crippen molar-refractivity contribution in [3.63, 3.8) is 0 Å². The van der Waals surface area contributed by atoms with Crippen molar-refractivity contribution < 1.29 is 14.3 Å². The summed E-state index contributed by atoms with van der Waals surface area (Å²) in [6.45, 7) is 3.40. The summed E-state index contributed by atoms with van der Waals surface area (Å²) in [5.41, 5.74) is 0.528. The number of pyridine rings is 1. The number of likely N-dealkylation sites (tertiary alicyclic amines) is 2. The normalized spacial score (nSPS) is 20.1. The van der Waals surface area contributed by atoms with E-state index in [0.717, 1.165) is 37.9 Å². The standard InChI is InChI=1S/C19H27N3O3/c1-25-14-13-22-10-4-6-19(18(22)24)7-11-21(12-8-19)17(23)15-16-5-2-3-9-20-16/h2-3,5,9H,4,6-8,10-15H2,1H3. The van der Waals surface area contributed by atoms with Gasteiger partial charge < -0.3 is 14.5 Å². The van der Waals surface area contributed by atoms with Crippen molar-refractivity contribution in [2.75, 3.05) is 39.9 Å². The summed E-state index contributed by atoms with van der Waals surface area (Å²) in [5.74, 6) is 0.362. The third-order valence-corrected chi connectivity index (χ3v) is 5.52. The van der Waals surface area contributed by atoms with Crippen LogP contribution in [0.5, 0.6) is 0 Å². The molecule has 6 heteroatoms. The molecule has 25 heavy (non-hydrogen) atoms. The largest absolute Gasteiger partial charge is 0.383 e. The Labute approximate surface area is 149 Å².